The number of aromatic nitrogens is 1. The van der Waals surface area contributed by atoms with Crippen LogP contribution in [0, 0.1) is 0 Å². The van der Waals surface area contributed by atoms with Gasteiger partial charge in [0.15, 0.2) is 0 Å². The number of carbonyl (C=O) groups is 1. The Hall–Kier alpha value is -2.01. The molecule has 1 amide bonds. The monoisotopic (exact) mass is 288 g/mol. The summed E-state index contributed by atoms with van der Waals surface area (Å²) in [6.07, 6.45) is 1.72. The minimum Gasteiger partial charge on any atom is -0.497 e. The van der Waals surface area contributed by atoms with Gasteiger partial charge in [0.2, 0.25) is 5.91 Å². The molecule has 0 spiro atoms. The molecule has 4 nitrogen and oxygen atoms in total. The van der Waals surface area contributed by atoms with E-state index >= 15 is 0 Å². The van der Waals surface area contributed by atoms with Crippen LogP contribution in [0.25, 0.3) is 0 Å². The Balaban J connectivity index is 1.97. The van der Waals surface area contributed by atoms with E-state index in [4.69, 9.17) is 4.74 Å². The van der Waals surface area contributed by atoms with Crippen LogP contribution in [0.3, 0.4) is 0 Å². The molecule has 0 aliphatic carbocycles. The average Bonchev–Trinajstić information content (AvgIpc) is 2.48. The summed E-state index contributed by atoms with van der Waals surface area (Å²) >= 11 is 1.43. The van der Waals surface area contributed by atoms with Crippen molar-refractivity contribution in [1.82, 2.24) is 4.98 Å². The molecule has 1 aromatic carbocycles. The van der Waals surface area contributed by atoms with Crippen molar-refractivity contribution in [1.29, 1.82) is 0 Å². The van der Waals surface area contributed by atoms with Crippen molar-refractivity contribution in [3.05, 3.63) is 48.7 Å². The van der Waals surface area contributed by atoms with Crippen LogP contribution in [0.5, 0.6) is 5.75 Å². The molecule has 1 aromatic heterocycles. The summed E-state index contributed by atoms with van der Waals surface area (Å²) in [5, 5.41) is 3.48. The van der Waals surface area contributed by atoms with Crippen molar-refractivity contribution in [2.75, 3.05) is 12.4 Å². The Kier molecular flexibility index (Phi) is 5.01. The van der Waals surface area contributed by atoms with E-state index in [1.54, 1.807) is 19.4 Å². The van der Waals surface area contributed by atoms with Gasteiger partial charge in [-0.15, -0.1) is 0 Å². The van der Waals surface area contributed by atoms with Crippen LogP contribution in [0.15, 0.2) is 53.7 Å². The van der Waals surface area contributed by atoms with E-state index in [9.17, 15) is 4.79 Å². The third-order valence-corrected chi connectivity index (χ3v) is 3.69. The maximum Gasteiger partial charge on any atom is 0.237 e. The maximum absolute atomic E-state index is 12.1. The molecule has 5 heteroatoms. The molecule has 0 saturated heterocycles. The predicted octanol–water partition coefficient (Wildman–Crippen LogP) is 3.21. The van der Waals surface area contributed by atoms with Crippen molar-refractivity contribution in [3.8, 4) is 5.75 Å². The van der Waals surface area contributed by atoms with Crippen molar-refractivity contribution in [2.45, 2.75) is 17.2 Å². The third kappa shape index (κ3) is 3.99. The molecule has 1 N–H and O–H groups in total. The van der Waals surface area contributed by atoms with Gasteiger partial charge in [-0.1, -0.05) is 23.9 Å². The summed E-state index contributed by atoms with van der Waals surface area (Å²) in [7, 11) is 1.60. The van der Waals surface area contributed by atoms with Crippen LogP contribution in [0.1, 0.15) is 6.92 Å². The molecular formula is C15H16N2O2S. The number of anilines is 1. The van der Waals surface area contributed by atoms with Crippen molar-refractivity contribution in [2.24, 2.45) is 0 Å². The molecule has 0 bridgehead atoms. The smallest absolute Gasteiger partial charge is 0.237 e. The first-order chi connectivity index (χ1) is 9.69. The molecule has 0 aliphatic rings. The van der Waals surface area contributed by atoms with Gasteiger partial charge in [0.1, 0.15) is 5.75 Å². The van der Waals surface area contributed by atoms with E-state index in [0.29, 0.717) is 5.75 Å². The number of methoxy groups -OCH3 is 1. The van der Waals surface area contributed by atoms with Crippen LogP contribution in [0.4, 0.5) is 5.69 Å². The molecule has 1 atom stereocenters. The van der Waals surface area contributed by atoms with Crippen molar-refractivity contribution in [3.63, 3.8) is 0 Å². The SMILES string of the molecule is COc1cccc(NC(=O)C(C)Sc2ccccn2)c1. The van der Waals surface area contributed by atoms with Crippen LogP contribution in [-0.2, 0) is 4.79 Å². The molecule has 1 heterocycles. The number of pyridine rings is 1. The lowest BCUT2D eigenvalue weighted by Crippen LogP contribution is -2.22. The zero-order valence-corrected chi connectivity index (χ0v) is 12.2. The highest BCUT2D eigenvalue weighted by molar-refractivity contribution is 8.00. The summed E-state index contributed by atoms with van der Waals surface area (Å²) < 4.78 is 5.13. The van der Waals surface area contributed by atoms with E-state index < -0.39 is 0 Å². The number of carbonyl (C=O) groups excluding carboxylic acids is 1. The van der Waals surface area contributed by atoms with E-state index in [1.807, 2.05) is 43.3 Å². The number of benzene rings is 1. The number of rotatable bonds is 5. The Morgan fingerprint density at radius 1 is 1.30 bits per heavy atom. The molecule has 0 radical (unpaired) electrons. The fourth-order valence-electron chi connectivity index (χ4n) is 1.60. The van der Waals surface area contributed by atoms with Crippen molar-refractivity contribution < 1.29 is 9.53 Å². The first kappa shape index (κ1) is 14.4. The second-order valence-corrected chi connectivity index (χ2v) is 5.51. The molecule has 2 aromatic rings. The summed E-state index contributed by atoms with van der Waals surface area (Å²) in [4.78, 5) is 16.3. The summed E-state index contributed by atoms with van der Waals surface area (Å²) in [5.41, 5.74) is 0.725. The normalized spacial score (nSPS) is 11.7. The third-order valence-electron chi connectivity index (χ3n) is 2.64. The molecule has 0 saturated carbocycles. The van der Waals surface area contributed by atoms with Gasteiger partial charge >= 0.3 is 0 Å². The summed E-state index contributed by atoms with van der Waals surface area (Å²) in [5.74, 6) is 0.654. The molecule has 1 unspecified atom stereocenters. The molecule has 20 heavy (non-hydrogen) atoms. The van der Waals surface area contributed by atoms with Gasteiger partial charge in [0.25, 0.3) is 0 Å². The van der Waals surface area contributed by atoms with Crippen LogP contribution in [0.2, 0.25) is 0 Å². The summed E-state index contributed by atoms with van der Waals surface area (Å²) in [6, 6.07) is 12.9. The maximum atomic E-state index is 12.1. The van der Waals surface area contributed by atoms with Crippen LogP contribution < -0.4 is 10.1 Å². The van der Waals surface area contributed by atoms with E-state index in [0.717, 1.165) is 10.7 Å². The fraction of sp³-hybridized carbons (Fsp3) is 0.200. The van der Waals surface area contributed by atoms with Gasteiger partial charge in [-0.25, -0.2) is 4.98 Å². The first-order valence-corrected chi connectivity index (χ1v) is 7.09. The standard InChI is InChI=1S/C15H16N2O2S/c1-11(20-14-8-3-4-9-16-14)15(18)17-12-6-5-7-13(10-12)19-2/h3-11H,1-2H3,(H,17,18). The van der Waals surface area contributed by atoms with Gasteiger partial charge in [0.05, 0.1) is 17.4 Å². The highest BCUT2D eigenvalue weighted by Crippen LogP contribution is 2.22. The number of amides is 1. The number of thioether (sulfide) groups is 1. The Labute approximate surface area is 122 Å². The van der Waals surface area contributed by atoms with E-state index in [-0.39, 0.29) is 11.2 Å². The average molecular weight is 288 g/mol. The molecular weight excluding hydrogens is 272 g/mol. The predicted molar refractivity (Wildman–Crippen MR) is 81.2 cm³/mol. The number of hydrogen-bond donors (Lipinski definition) is 1. The second kappa shape index (κ2) is 6.96. The van der Waals surface area contributed by atoms with Crippen LogP contribution in [-0.4, -0.2) is 23.3 Å². The Bertz CT molecular complexity index is 575. The highest BCUT2D eigenvalue weighted by atomic mass is 32.2. The largest absolute Gasteiger partial charge is 0.497 e. The van der Waals surface area contributed by atoms with E-state index in [1.165, 1.54) is 11.8 Å². The minimum atomic E-state index is -0.226. The fourth-order valence-corrected chi connectivity index (χ4v) is 2.40. The lowest BCUT2D eigenvalue weighted by atomic mass is 10.3. The Morgan fingerprint density at radius 2 is 2.15 bits per heavy atom. The zero-order chi connectivity index (χ0) is 14.4. The van der Waals surface area contributed by atoms with Gasteiger partial charge < -0.3 is 10.1 Å². The zero-order valence-electron chi connectivity index (χ0n) is 11.4. The molecule has 0 aliphatic heterocycles. The number of hydrogen-bond acceptors (Lipinski definition) is 4. The summed E-state index contributed by atoms with van der Waals surface area (Å²) in [6.45, 7) is 1.86. The minimum absolute atomic E-state index is 0.0612. The van der Waals surface area contributed by atoms with Gasteiger partial charge in [-0.3, -0.25) is 4.79 Å². The van der Waals surface area contributed by atoms with E-state index in [2.05, 4.69) is 10.3 Å². The molecule has 2 rings (SSSR count). The van der Waals surface area contributed by atoms with Crippen molar-refractivity contribution >= 4 is 23.4 Å². The quantitative estimate of drug-likeness (QED) is 0.858. The lowest BCUT2D eigenvalue weighted by molar-refractivity contribution is -0.115. The first-order valence-electron chi connectivity index (χ1n) is 6.21. The number of ether oxygens (including phenoxy) is 1. The number of nitrogens with zero attached hydrogens (tertiary/aromatic N) is 1. The van der Waals surface area contributed by atoms with Crippen LogP contribution >= 0.6 is 11.8 Å². The Morgan fingerprint density at radius 3 is 2.85 bits per heavy atom. The number of nitrogens with one attached hydrogen (secondary N) is 1. The molecule has 0 fully saturated rings. The lowest BCUT2D eigenvalue weighted by Gasteiger charge is -2.12. The van der Waals surface area contributed by atoms with Gasteiger partial charge in [0, 0.05) is 18.0 Å². The van der Waals surface area contributed by atoms with Gasteiger partial charge in [-0.2, -0.15) is 0 Å². The van der Waals surface area contributed by atoms with Gasteiger partial charge in [-0.05, 0) is 31.2 Å². The second-order valence-electron chi connectivity index (χ2n) is 4.15. The highest BCUT2D eigenvalue weighted by Gasteiger charge is 2.15. The topological polar surface area (TPSA) is 51.2 Å². The molecule has 104 valence electrons.